The number of ketones is 1. The van der Waals surface area contributed by atoms with Gasteiger partial charge in [-0.15, -0.1) is 0 Å². The monoisotopic (exact) mass is 427 g/mol. The molecule has 1 aliphatic heterocycles. The van der Waals surface area contributed by atoms with Crippen LogP contribution in [0.15, 0.2) is 34.1 Å². The predicted octanol–water partition coefficient (Wildman–Crippen LogP) is 2.84. The first-order chi connectivity index (χ1) is 14.5. The second-order valence-corrected chi connectivity index (χ2v) is 8.66. The topological polar surface area (TPSA) is 90.3 Å². The maximum Gasteiger partial charge on any atom is 0.348 e. The number of carbonyl (C=O) groups excluding carboxylic acids is 2. The fourth-order valence-corrected chi connectivity index (χ4v) is 4.88. The predicted molar refractivity (Wildman–Crippen MR) is 115 cm³/mol. The third kappa shape index (κ3) is 4.65. The smallest absolute Gasteiger partial charge is 0.348 e. The molecule has 1 aliphatic carbocycles. The number of Topliss-reactive ketones (excluding diaryl/α,β-unsaturated/α-hetero) is 1. The van der Waals surface area contributed by atoms with Crippen molar-refractivity contribution in [1.82, 2.24) is 9.55 Å². The second-order valence-electron chi connectivity index (χ2n) is 7.69. The van der Waals surface area contributed by atoms with Crippen molar-refractivity contribution in [3.63, 3.8) is 0 Å². The number of hydrogen-bond acceptors (Lipinski definition) is 6. The Bertz CT molecular complexity index is 1010. The van der Waals surface area contributed by atoms with E-state index in [-0.39, 0.29) is 29.2 Å². The normalized spacial score (nSPS) is 17.7. The molecule has 0 spiro atoms. The average Bonchev–Trinajstić information content (AvgIpc) is 3.41. The van der Waals surface area contributed by atoms with E-state index in [4.69, 9.17) is 4.74 Å². The van der Waals surface area contributed by atoms with Crippen molar-refractivity contribution in [2.24, 2.45) is 0 Å². The number of thioether (sulfide) groups is 1. The van der Waals surface area contributed by atoms with Gasteiger partial charge in [0.05, 0.1) is 18.4 Å². The minimum Gasteiger partial charge on any atom is -0.376 e. The quantitative estimate of drug-likeness (QED) is 0.415. The Labute approximate surface area is 179 Å². The average molecular weight is 428 g/mol. The van der Waals surface area contributed by atoms with Gasteiger partial charge in [0.25, 0.3) is 0 Å². The summed E-state index contributed by atoms with van der Waals surface area (Å²) in [5.74, 6) is -0.0199. The van der Waals surface area contributed by atoms with Gasteiger partial charge >= 0.3 is 5.69 Å². The number of nitrogens with one attached hydrogen (secondary N) is 1. The summed E-state index contributed by atoms with van der Waals surface area (Å²) >= 11 is 1.30. The maximum absolute atomic E-state index is 12.7. The van der Waals surface area contributed by atoms with Gasteiger partial charge in [0.15, 0.2) is 5.78 Å². The molecule has 0 radical (unpaired) electrons. The van der Waals surface area contributed by atoms with Crippen LogP contribution in [-0.2, 0) is 28.9 Å². The highest BCUT2D eigenvalue weighted by molar-refractivity contribution is 8.00. The number of ether oxygens (including phenoxy) is 1. The van der Waals surface area contributed by atoms with Crippen LogP contribution in [0, 0.1) is 0 Å². The number of aromatic nitrogens is 2. The second kappa shape index (κ2) is 9.14. The Morgan fingerprint density at radius 2 is 2.03 bits per heavy atom. The van der Waals surface area contributed by atoms with Crippen molar-refractivity contribution in [2.75, 3.05) is 17.7 Å². The van der Waals surface area contributed by atoms with Crippen LogP contribution in [0.25, 0.3) is 0 Å². The van der Waals surface area contributed by atoms with Gasteiger partial charge in [-0.05, 0) is 63.3 Å². The Balaban J connectivity index is 1.42. The standard InChI is InChI=1S/C22H25N3O4S/c1-14(26)15-7-9-16(10-8-15)23-20(27)13-30-21-18-5-2-6-19(18)25(22(28)24-21)12-17-4-3-11-29-17/h7-10,17H,2-6,11-13H2,1H3,(H,23,27)/t17-/m1/s1. The zero-order chi connectivity index (χ0) is 21.1. The molecule has 1 atom stereocenters. The van der Waals surface area contributed by atoms with E-state index in [9.17, 15) is 14.4 Å². The Kier molecular flexibility index (Phi) is 6.34. The van der Waals surface area contributed by atoms with Crippen molar-refractivity contribution >= 4 is 29.1 Å². The molecule has 2 aromatic rings. The van der Waals surface area contributed by atoms with Gasteiger partial charge in [-0.25, -0.2) is 4.79 Å². The van der Waals surface area contributed by atoms with Gasteiger partial charge < -0.3 is 10.1 Å². The number of amides is 1. The minimum absolute atomic E-state index is 0.0161. The first-order valence-electron chi connectivity index (χ1n) is 10.3. The lowest BCUT2D eigenvalue weighted by Crippen LogP contribution is -2.31. The van der Waals surface area contributed by atoms with Crippen LogP contribution in [0.1, 0.15) is 47.8 Å². The molecule has 2 heterocycles. The van der Waals surface area contributed by atoms with Gasteiger partial charge in [0.1, 0.15) is 5.03 Å². The Morgan fingerprint density at radius 3 is 2.73 bits per heavy atom. The third-order valence-corrected chi connectivity index (χ3v) is 6.54. The Morgan fingerprint density at radius 1 is 1.23 bits per heavy atom. The van der Waals surface area contributed by atoms with E-state index in [0.717, 1.165) is 50.0 Å². The number of hydrogen-bond donors (Lipinski definition) is 1. The van der Waals surface area contributed by atoms with Crippen molar-refractivity contribution < 1.29 is 14.3 Å². The number of fused-ring (bicyclic) bond motifs is 1. The summed E-state index contributed by atoms with van der Waals surface area (Å²) in [6.45, 7) is 2.83. The lowest BCUT2D eigenvalue weighted by molar-refractivity contribution is -0.113. The summed E-state index contributed by atoms with van der Waals surface area (Å²) in [6, 6.07) is 6.80. The van der Waals surface area contributed by atoms with Crippen LogP contribution in [0.5, 0.6) is 0 Å². The molecule has 1 aromatic carbocycles. The van der Waals surface area contributed by atoms with E-state index in [1.165, 1.54) is 18.7 Å². The molecule has 1 fully saturated rings. The van der Waals surface area contributed by atoms with E-state index in [2.05, 4.69) is 10.3 Å². The number of benzene rings is 1. The van der Waals surface area contributed by atoms with Gasteiger partial charge in [0, 0.05) is 29.1 Å². The molecule has 158 valence electrons. The zero-order valence-corrected chi connectivity index (χ0v) is 17.8. The van der Waals surface area contributed by atoms with Crippen LogP contribution in [0.3, 0.4) is 0 Å². The lowest BCUT2D eigenvalue weighted by atomic mass is 10.1. The number of anilines is 1. The molecule has 1 amide bonds. The van der Waals surface area contributed by atoms with Crippen LogP contribution in [0.4, 0.5) is 5.69 Å². The molecular weight excluding hydrogens is 402 g/mol. The lowest BCUT2D eigenvalue weighted by Gasteiger charge is -2.17. The molecule has 30 heavy (non-hydrogen) atoms. The van der Waals surface area contributed by atoms with Crippen molar-refractivity contribution in [1.29, 1.82) is 0 Å². The van der Waals surface area contributed by atoms with Crippen molar-refractivity contribution in [2.45, 2.75) is 56.7 Å². The van der Waals surface area contributed by atoms with Gasteiger partial charge in [-0.2, -0.15) is 4.98 Å². The summed E-state index contributed by atoms with van der Waals surface area (Å²) in [6.07, 6.45) is 4.84. The fraction of sp³-hybridized carbons (Fsp3) is 0.455. The number of rotatable bonds is 7. The van der Waals surface area contributed by atoms with E-state index in [0.29, 0.717) is 22.8 Å². The van der Waals surface area contributed by atoms with Gasteiger partial charge in [0.2, 0.25) is 5.91 Å². The number of nitrogens with zero attached hydrogens (tertiary/aromatic N) is 2. The van der Waals surface area contributed by atoms with Crippen LogP contribution in [0.2, 0.25) is 0 Å². The van der Waals surface area contributed by atoms with Gasteiger partial charge in [-0.3, -0.25) is 14.2 Å². The first kappa shape index (κ1) is 20.8. The SMILES string of the molecule is CC(=O)c1ccc(NC(=O)CSc2nc(=O)n(C[C@H]3CCCO3)c3c2CCC3)cc1. The summed E-state index contributed by atoms with van der Waals surface area (Å²) in [5.41, 5.74) is 3.12. The molecule has 4 rings (SSSR count). The fourth-order valence-electron chi connectivity index (χ4n) is 4.01. The molecule has 0 bridgehead atoms. The summed E-state index contributed by atoms with van der Waals surface area (Å²) in [4.78, 5) is 40.7. The van der Waals surface area contributed by atoms with E-state index < -0.39 is 0 Å². The maximum atomic E-state index is 12.7. The largest absolute Gasteiger partial charge is 0.376 e. The molecular formula is C22H25N3O4S. The summed E-state index contributed by atoms with van der Waals surface area (Å²) < 4.78 is 7.47. The molecule has 8 heteroatoms. The van der Waals surface area contributed by atoms with E-state index in [1.807, 2.05) is 0 Å². The molecule has 1 saturated heterocycles. The van der Waals surface area contributed by atoms with Crippen LogP contribution in [-0.4, -0.2) is 39.7 Å². The molecule has 1 aromatic heterocycles. The minimum atomic E-state index is -0.256. The number of carbonyl (C=O) groups is 2. The highest BCUT2D eigenvalue weighted by Gasteiger charge is 2.25. The highest BCUT2D eigenvalue weighted by Crippen LogP contribution is 2.30. The summed E-state index contributed by atoms with van der Waals surface area (Å²) in [5, 5.41) is 3.49. The summed E-state index contributed by atoms with van der Waals surface area (Å²) in [7, 11) is 0. The third-order valence-electron chi connectivity index (χ3n) is 5.53. The van der Waals surface area contributed by atoms with E-state index >= 15 is 0 Å². The molecule has 2 aliphatic rings. The zero-order valence-electron chi connectivity index (χ0n) is 17.0. The van der Waals surface area contributed by atoms with Crippen LogP contribution >= 0.6 is 11.8 Å². The van der Waals surface area contributed by atoms with E-state index in [1.54, 1.807) is 28.8 Å². The molecule has 7 nitrogen and oxygen atoms in total. The molecule has 0 saturated carbocycles. The highest BCUT2D eigenvalue weighted by atomic mass is 32.2. The van der Waals surface area contributed by atoms with Crippen molar-refractivity contribution in [3.8, 4) is 0 Å². The first-order valence-corrected chi connectivity index (χ1v) is 11.3. The van der Waals surface area contributed by atoms with Crippen LogP contribution < -0.4 is 11.0 Å². The van der Waals surface area contributed by atoms with Gasteiger partial charge in [-0.1, -0.05) is 11.8 Å². The Hall–Kier alpha value is -2.45. The van der Waals surface area contributed by atoms with Crippen molar-refractivity contribution in [3.05, 3.63) is 51.6 Å². The molecule has 1 N–H and O–H groups in total. The molecule has 0 unspecified atom stereocenters.